The van der Waals surface area contributed by atoms with Crippen LogP contribution in [0.3, 0.4) is 0 Å². The summed E-state index contributed by atoms with van der Waals surface area (Å²) in [4.78, 5) is 18.1. The first-order valence-electron chi connectivity index (χ1n) is 7.57. The highest BCUT2D eigenvalue weighted by Gasteiger charge is 2.25. The Balaban J connectivity index is 1.80. The number of carbonyl (C=O) groups excluding carboxylic acids is 1. The van der Waals surface area contributed by atoms with Gasteiger partial charge >= 0.3 is 0 Å². The summed E-state index contributed by atoms with van der Waals surface area (Å²) in [5, 5.41) is 0. The molecule has 0 bridgehead atoms. The SMILES string of the molecule is Cc1ccc2nc(C(=O)N(C)CC3CCCCO3)c(F)n2c1. The first kappa shape index (κ1) is 15.0. The van der Waals surface area contributed by atoms with E-state index in [9.17, 15) is 9.18 Å². The van der Waals surface area contributed by atoms with Gasteiger partial charge in [-0.05, 0) is 37.8 Å². The number of ether oxygens (including phenoxy) is 1. The second-order valence-electron chi connectivity index (χ2n) is 5.86. The van der Waals surface area contributed by atoms with Gasteiger partial charge in [0, 0.05) is 26.4 Å². The number of amides is 1. The molecule has 0 N–H and O–H groups in total. The molecule has 0 aromatic carbocycles. The third-order valence-electron chi connectivity index (χ3n) is 4.01. The van der Waals surface area contributed by atoms with Crippen LogP contribution in [-0.2, 0) is 4.74 Å². The van der Waals surface area contributed by atoms with Crippen molar-refractivity contribution in [2.75, 3.05) is 20.2 Å². The standard InChI is InChI=1S/C16H20FN3O2/c1-11-6-7-13-18-14(15(17)20(13)9-11)16(21)19(2)10-12-5-3-4-8-22-12/h6-7,9,12H,3-5,8,10H2,1-2H3. The number of aryl methyl sites for hydroxylation is 1. The summed E-state index contributed by atoms with van der Waals surface area (Å²) in [6.07, 6.45) is 4.77. The molecule has 1 aliphatic rings. The zero-order valence-corrected chi connectivity index (χ0v) is 12.9. The van der Waals surface area contributed by atoms with Gasteiger partial charge in [0.2, 0.25) is 5.95 Å². The predicted molar refractivity (Wildman–Crippen MR) is 80.4 cm³/mol. The monoisotopic (exact) mass is 305 g/mol. The van der Waals surface area contributed by atoms with Crippen LogP contribution >= 0.6 is 0 Å². The molecule has 0 aliphatic carbocycles. The van der Waals surface area contributed by atoms with Crippen molar-refractivity contribution in [2.24, 2.45) is 0 Å². The van der Waals surface area contributed by atoms with Gasteiger partial charge < -0.3 is 9.64 Å². The number of pyridine rings is 1. The molecule has 1 amide bonds. The number of fused-ring (bicyclic) bond motifs is 1. The number of rotatable bonds is 3. The van der Waals surface area contributed by atoms with Gasteiger partial charge in [0.25, 0.3) is 5.91 Å². The lowest BCUT2D eigenvalue weighted by Crippen LogP contribution is -2.37. The summed E-state index contributed by atoms with van der Waals surface area (Å²) < 4.78 is 21.4. The normalized spacial score (nSPS) is 18.6. The van der Waals surface area contributed by atoms with E-state index in [0.29, 0.717) is 12.2 Å². The third kappa shape index (κ3) is 2.83. The Morgan fingerprint density at radius 3 is 3.05 bits per heavy atom. The van der Waals surface area contributed by atoms with E-state index in [-0.39, 0.29) is 11.8 Å². The van der Waals surface area contributed by atoms with E-state index in [0.717, 1.165) is 31.4 Å². The Kier molecular flexibility index (Phi) is 4.11. The number of hydrogen-bond donors (Lipinski definition) is 0. The minimum Gasteiger partial charge on any atom is -0.376 e. The van der Waals surface area contributed by atoms with E-state index >= 15 is 0 Å². The van der Waals surface area contributed by atoms with Crippen LogP contribution in [0, 0.1) is 12.9 Å². The molecule has 0 saturated carbocycles. The van der Waals surface area contributed by atoms with Crippen LogP contribution in [0.2, 0.25) is 0 Å². The summed E-state index contributed by atoms with van der Waals surface area (Å²) in [7, 11) is 1.66. The molecule has 0 spiro atoms. The van der Waals surface area contributed by atoms with Crippen molar-refractivity contribution in [1.82, 2.24) is 14.3 Å². The van der Waals surface area contributed by atoms with Gasteiger partial charge in [-0.3, -0.25) is 9.20 Å². The maximum absolute atomic E-state index is 14.4. The van der Waals surface area contributed by atoms with E-state index in [2.05, 4.69) is 4.98 Å². The van der Waals surface area contributed by atoms with Crippen LogP contribution < -0.4 is 0 Å². The average molecular weight is 305 g/mol. The largest absolute Gasteiger partial charge is 0.376 e. The smallest absolute Gasteiger partial charge is 0.277 e. The fourth-order valence-corrected chi connectivity index (χ4v) is 2.78. The molecule has 1 aliphatic heterocycles. The second-order valence-corrected chi connectivity index (χ2v) is 5.86. The zero-order valence-electron chi connectivity index (χ0n) is 12.9. The molecular weight excluding hydrogens is 285 g/mol. The maximum atomic E-state index is 14.4. The van der Waals surface area contributed by atoms with Crippen LogP contribution in [0.4, 0.5) is 4.39 Å². The van der Waals surface area contributed by atoms with Gasteiger partial charge in [0.15, 0.2) is 5.69 Å². The van der Waals surface area contributed by atoms with Crippen molar-refractivity contribution < 1.29 is 13.9 Å². The van der Waals surface area contributed by atoms with Gasteiger partial charge in [-0.1, -0.05) is 6.07 Å². The minimum absolute atomic E-state index is 0.0324. The summed E-state index contributed by atoms with van der Waals surface area (Å²) in [6, 6.07) is 3.55. The second kappa shape index (κ2) is 6.04. The molecule has 1 saturated heterocycles. The predicted octanol–water partition coefficient (Wildman–Crippen LogP) is 2.42. The number of carbonyl (C=O) groups is 1. The third-order valence-corrected chi connectivity index (χ3v) is 4.01. The number of nitrogens with zero attached hydrogens (tertiary/aromatic N) is 3. The van der Waals surface area contributed by atoms with Gasteiger partial charge in [0.05, 0.1) is 6.10 Å². The van der Waals surface area contributed by atoms with Crippen LogP contribution in [-0.4, -0.2) is 46.5 Å². The van der Waals surface area contributed by atoms with Gasteiger partial charge in [-0.15, -0.1) is 0 Å². The van der Waals surface area contributed by atoms with Crippen LogP contribution in [0.25, 0.3) is 5.65 Å². The first-order valence-corrected chi connectivity index (χ1v) is 7.57. The average Bonchev–Trinajstić information content (AvgIpc) is 2.84. The molecule has 1 fully saturated rings. The highest BCUT2D eigenvalue weighted by Crippen LogP contribution is 2.17. The molecule has 118 valence electrons. The van der Waals surface area contributed by atoms with Crippen LogP contribution in [0.1, 0.15) is 35.3 Å². The molecular formula is C16H20FN3O2. The maximum Gasteiger partial charge on any atom is 0.277 e. The molecule has 0 radical (unpaired) electrons. The van der Waals surface area contributed by atoms with Crippen molar-refractivity contribution in [3.8, 4) is 0 Å². The van der Waals surface area contributed by atoms with Gasteiger partial charge in [-0.2, -0.15) is 4.39 Å². The Bertz CT molecular complexity index is 692. The van der Waals surface area contributed by atoms with Gasteiger partial charge in [0.1, 0.15) is 5.65 Å². The molecule has 5 nitrogen and oxygen atoms in total. The van der Waals surface area contributed by atoms with Crippen LogP contribution in [0.15, 0.2) is 18.3 Å². The summed E-state index contributed by atoms with van der Waals surface area (Å²) in [6.45, 7) is 3.06. The number of hydrogen-bond acceptors (Lipinski definition) is 3. The van der Waals surface area contributed by atoms with Crippen molar-refractivity contribution in [1.29, 1.82) is 0 Å². The van der Waals surface area contributed by atoms with Crippen molar-refractivity contribution >= 4 is 11.6 Å². The van der Waals surface area contributed by atoms with E-state index in [1.165, 1.54) is 9.30 Å². The van der Waals surface area contributed by atoms with Gasteiger partial charge in [-0.25, -0.2) is 4.98 Å². The minimum atomic E-state index is -0.611. The Labute approximate surface area is 128 Å². The van der Waals surface area contributed by atoms with Crippen molar-refractivity contribution in [2.45, 2.75) is 32.3 Å². The van der Waals surface area contributed by atoms with Crippen molar-refractivity contribution in [3.05, 3.63) is 35.5 Å². The summed E-state index contributed by atoms with van der Waals surface area (Å²) >= 11 is 0. The van der Waals surface area contributed by atoms with E-state index in [1.54, 1.807) is 19.3 Å². The molecule has 2 aromatic rings. The van der Waals surface area contributed by atoms with E-state index in [4.69, 9.17) is 4.74 Å². The molecule has 3 heterocycles. The number of imidazole rings is 1. The quantitative estimate of drug-likeness (QED) is 0.875. The molecule has 6 heteroatoms. The Morgan fingerprint density at radius 2 is 2.32 bits per heavy atom. The lowest BCUT2D eigenvalue weighted by Gasteiger charge is -2.27. The number of likely N-dealkylation sites (N-methyl/N-ethyl adjacent to an activating group) is 1. The van der Waals surface area contributed by atoms with Crippen LogP contribution in [0.5, 0.6) is 0 Å². The fourth-order valence-electron chi connectivity index (χ4n) is 2.78. The van der Waals surface area contributed by atoms with Crippen molar-refractivity contribution in [3.63, 3.8) is 0 Å². The topological polar surface area (TPSA) is 46.8 Å². The lowest BCUT2D eigenvalue weighted by atomic mass is 10.1. The number of aromatic nitrogens is 2. The molecule has 3 rings (SSSR count). The number of halogens is 1. The summed E-state index contributed by atoms with van der Waals surface area (Å²) in [5.74, 6) is -1.02. The molecule has 22 heavy (non-hydrogen) atoms. The molecule has 2 aromatic heterocycles. The lowest BCUT2D eigenvalue weighted by molar-refractivity contribution is -0.000372. The van der Waals surface area contributed by atoms with E-state index < -0.39 is 11.9 Å². The molecule has 1 unspecified atom stereocenters. The Morgan fingerprint density at radius 1 is 1.50 bits per heavy atom. The summed E-state index contributed by atoms with van der Waals surface area (Å²) in [5.41, 5.74) is 1.21. The van der Waals surface area contributed by atoms with E-state index in [1.807, 2.05) is 13.0 Å². The Hall–Kier alpha value is -1.95. The first-order chi connectivity index (χ1) is 10.6. The highest BCUT2D eigenvalue weighted by molar-refractivity contribution is 5.93. The molecule has 1 atom stereocenters. The fraction of sp³-hybridized carbons (Fsp3) is 0.500. The zero-order chi connectivity index (χ0) is 15.7. The highest BCUT2D eigenvalue weighted by atomic mass is 19.1.